The third-order valence-corrected chi connectivity index (χ3v) is 6.82. The predicted molar refractivity (Wildman–Crippen MR) is 112 cm³/mol. The second-order valence-electron chi connectivity index (χ2n) is 8.89. The molecule has 1 amide bonds. The molecule has 2 unspecified atom stereocenters. The van der Waals surface area contributed by atoms with Gasteiger partial charge in [0.1, 0.15) is 0 Å². The van der Waals surface area contributed by atoms with Crippen LogP contribution in [0.2, 0.25) is 0 Å². The Hall–Kier alpha value is -1.88. The SMILES string of the molecule is CC(C)N1CCN(C(=O)C2CCCCC2Nc2ccc3c(c2)CCC3=O)CC1. The third-order valence-electron chi connectivity index (χ3n) is 6.82. The van der Waals surface area contributed by atoms with Crippen LogP contribution in [0.25, 0.3) is 0 Å². The van der Waals surface area contributed by atoms with Gasteiger partial charge in [-0.3, -0.25) is 14.5 Å². The molecule has 1 aromatic carbocycles. The van der Waals surface area contributed by atoms with Crippen molar-refractivity contribution in [2.24, 2.45) is 5.92 Å². The van der Waals surface area contributed by atoms with Crippen LogP contribution in [0.3, 0.4) is 0 Å². The molecule has 0 radical (unpaired) electrons. The van der Waals surface area contributed by atoms with Crippen LogP contribution in [0.4, 0.5) is 5.69 Å². The van der Waals surface area contributed by atoms with Gasteiger partial charge in [0.25, 0.3) is 0 Å². The maximum Gasteiger partial charge on any atom is 0.227 e. The van der Waals surface area contributed by atoms with Gasteiger partial charge >= 0.3 is 0 Å². The maximum absolute atomic E-state index is 13.3. The van der Waals surface area contributed by atoms with Crippen molar-refractivity contribution in [3.63, 3.8) is 0 Å². The summed E-state index contributed by atoms with van der Waals surface area (Å²) in [5.74, 6) is 0.652. The largest absolute Gasteiger partial charge is 0.382 e. The summed E-state index contributed by atoms with van der Waals surface area (Å²) in [4.78, 5) is 29.7. The molecule has 1 N–H and O–H groups in total. The molecular weight excluding hydrogens is 350 g/mol. The lowest BCUT2D eigenvalue weighted by atomic mass is 9.83. The van der Waals surface area contributed by atoms with Crippen LogP contribution in [-0.4, -0.2) is 59.8 Å². The van der Waals surface area contributed by atoms with Crippen molar-refractivity contribution in [1.29, 1.82) is 0 Å². The topological polar surface area (TPSA) is 52.6 Å². The number of ketones is 1. The standard InChI is InChI=1S/C23H33N3O2/c1-16(2)25-11-13-26(14-12-25)23(28)20-5-3-4-6-21(20)24-18-8-9-19-17(15-18)7-10-22(19)27/h8-9,15-16,20-21,24H,3-7,10-14H2,1-2H3. The Morgan fingerprint density at radius 3 is 2.57 bits per heavy atom. The first-order valence-electron chi connectivity index (χ1n) is 11.0. The number of nitrogens with zero attached hydrogens (tertiary/aromatic N) is 2. The molecule has 0 bridgehead atoms. The van der Waals surface area contributed by atoms with Crippen molar-refractivity contribution in [2.75, 3.05) is 31.5 Å². The van der Waals surface area contributed by atoms with Gasteiger partial charge in [0.15, 0.2) is 5.78 Å². The fraction of sp³-hybridized carbons (Fsp3) is 0.652. The number of carbonyl (C=O) groups excluding carboxylic acids is 2. The highest BCUT2D eigenvalue weighted by Gasteiger charge is 2.35. The van der Waals surface area contributed by atoms with Gasteiger partial charge in [-0.15, -0.1) is 0 Å². The fourth-order valence-corrected chi connectivity index (χ4v) is 5.05. The van der Waals surface area contributed by atoms with Gasteiger partial charge in [0.2, 0.25) is 5.91 Å². The minimum Gasteiger partial charge on any atom is -0.382 e. The highest BCUT2D eigenvalue weighted by molar-refractivity contribution is 6.00. The Balaban J connectivity index is 1.42. The van der Waals surface area contributed by atoms with E-state index in [4.69, 9.17) is 0 Å². The average Bonchev–Trinajstić information content (AvgIpc) is 3.08. The number of fused-ring (bicyclic) bond motifs is 1. The Morgan fingerprint density at radius 2 is 1.82 bits per heavy atom. The first-order chi connectivity index (χ1) is 13.5. The van der Waals surface area contributed by atoms with Crippen LogP contribution in [0.1, 0.15) is 61.9 Å². The summed E-state index contributed by atoms with van der Waals surface area (Å²) in [5, 5.41) is 3.65. The van der Waals surface area contributed by atoms with E-state index >= 15 is 0 Å². The van der Waals surface area contributed by atoms with E-state index in [1.54, 1.807) is 0 Å². The lowest BCUT2D eigenvalue weighted by molar-refractivity contribution is -0.138. The molecule has 2 fully saturated rings. The van der Waals surface area contributed by atoms with Gasteiger partial charge in [-0.05, 0) is 56.9 Å². The number of hydrogen-bond donors (Lipinski definition) is 1. The van der Waals surface area contributed by atoms with Gasteiger partial charge in [0.05, 0.1) is 5.92 Å². The molecule has 28 heavy (non-hydrogen) atoms. The van der Waals surface area contributed by atoms with Crippen LogP contribution in [0.5, 0.6) is 0 Å². The van der Waals surface area contributed by atoms with Crippen LogP contribution >= 0.6 is 0 Å². The van der Waals surface area contributed by atoms with Crippen molar-refractivity contribution >= 4 is 17.4 Å². The Morgan fingerprint density at radius 1 is 1.07 bits per heavy atom. The first-order valence-corrected chi connectivity index (χ1v) is 11.0. The van der Waals surface area contributed by atoms with Gasteiger partial charge < -0.3 is 10.2 Å². The lowest BCUT2D eigenvalue weighted by Crippen LogP contribution is -2.54. The van der Waals surface area contributed by atoms with Crippen LogP contribution in [0, 0.1) is 5.92 Å². The van der Waals surface area contributed by atoms with Crippen LogP contribution in [-0.2, 0) is 11.2 Å². The van der Waals surface area contributed by atoms with Crippen molar-refractivity contribution in [2.45, 2.75) is 64.5 Å². The van der Waals surface area contributed by atoms with E-state index in [0.29, 0.717) is 18.4 Å². The zero-order valence-corrected chi connectivity index (χ0v) is 17.2. The Bertz CT molecular complexity index is 737. The van der Waals surface area contributed by atoms with Gasteiger partial charge in [-0.2, -0.15) is 0 Å². The second-order valence-corrected chi connectivity index (χ2v) is 8.89. The molecule has 1 saturated carbocycles. The number of rotatable bonds is 4. The van der Waals surface area contributed by atoms with E-state index in [1.807, 2.05) is 12.1 Å². The average molecular weight is 384 g/mol. The lowest BCUT2D eigenvalue weighted by Gasteiger charge is -2.40. The summed E-state index contributed by atoms with van der Waals surface area (Å²) in [6.45, 7) is 8.11. The molecule has 0 spiro atoms. The predicted octanol–water partition coefficient (Wildman–Crippen LogP) is 3.34. The van der Waals surface area contributed by atoms with E-state index in [-0.39, 0.29) is 17.7 Å². The summed E-state index contributed by atoms with van der Waals surface area (Å²) in [6.07, 6.45) is 5.80. The monoisotopic (exact) mass is 383 g/mol. The molecule has 5 heteroatoms. The number of carbonyl (C=O) groups is 2. The Kier molecular flexibility index (Phi) is 5.72. The molecule has 1 saturated heterocycles. The molecule has 1 heterocycles. The smallest absolute Gasteiger partial charge is 0.227 e. The minimum absolute atomic E-state index is 0.0641. The van der Waals surface area contributed by atoms with Crippen molar-refractivity contribution in [1.82, 2.24) is 9.80 Å². The number of piperazine rings is 1. The molecule has 0 aromatic heterocycles. The molecule has 5 nitrogen and oxygen atoms in total. The zero-order chi connectivity index (χ0) is 19.7. The van der Waals surface area contributed by atoms with Gasteiger partial charge in [0, 0.05) is 55.9 Å². The van der Waals surface area contributed by atoms with E-state index < -0.39 is 0 Å². The van der Waals surface area contributed by atoms with E-state index in [2.05, 4.69) is 35.0 Å². The zero-order valence-electron chi connectivity index (χ0n) is 17.2. The molecule has 3 aliphatic rings. The molecule has 152 valence electrons. The highest BCUT2D eigenvalue weighted by atomic mass is 16.2. The van der Waals surface area contributed by atoms with Crippen molar-refractivity contribution in [3.05, 3.63) is 29.3 Å². The fourth-order valence-electron chi connectivity index (χ4n) is 5.05. The van der Waals surface area contributed by atoms with Crippen molar-refractivity contribution < 1.29 is 9.59 Å². The van der Waals surface area contributed by atoms with Gasteiger partial charge in [-0.1, -0.05) is 12.8 Å². The number of aryl methyl sites for hydroxylation is 1. The van der Waals surface area contributed by atoms with Gasteiger partial charge in [-0.25, -0.2) is 0 Å². The van der Waals surface area contributed by atoms with Crippen LogP contribution in [0.15, 0.2) is 18.2 Å². The first kappa shape index (κ1) is 19.4. The van der Waals surface area contributed by atoms with E-state index in [1.165, 1.54) is 6.42 Å². The summed E-state index contributed by atoms with van der Waals surface area (Å²) < 4.78 is 0. The minimum atomic E-state index is 0.0641. The number of benzene rings is 1. The highest BCUT2D eigenvalue weighted by Crippen LogP contribution is 2.31. The summed E-state index contributed by atoms with van der Waals surface area (Å²) in [6, 6.07) is 6.84. The van der Waals surface area contributed by atoms with E-state index in [9.17, 15) is 9.59 Å². The molecule has 1 aromatic rings. The Labute approximate surface area is 168 Å². The number of Topliss-reactive ketones (excluding diaryl/α,β-unsaturated/α-hetero) is 1. The molecule has 2 atom stereocenters. The van der Waals surface area contributed by atoms with E-state index in [0.717, 1.165) is 68.7 Å². The second kappa shape index (κ2) is 8.24. The molecular formula is C23H33N3O2. The number of hydrogen-bond acceptors (Lipinski definition) is 4. The summed E-state index contributed by atoms with van der Waals surface area (Å²) >= 11 is 0. The molecule has 2 aliphatic carbocycles. The molecule has 4 rings (SSSR count). The summed E-state index contributed by atoms with van der Waals surface area (Å²) in [5.41, 5.74) is 3.09. The maximum atomic E-state index is 13.3. The normalized spacial score (nSPS) is 25.8. The van der Waals surface area contributed by atoms with Crippen molar-refractivity contribution in [3.8, 4) is 0 Å². The summed E-state index contributed by atoms with van der Waals surface area (Å²) in [7, 11) is 0. The number of nitrogens with one attached hydrogen (secondary N) is 1. The third kappa shape index (κ3) is 3.95. The quantitative estimate of drug-likeness (QED) is 0.866. The van der Waals surface area contributed by atoms with Crippen LogP contribution < -0.4 is 5.32 Å². The number of anilines is 1. The number of amides is 1. The molecule has 1 aliphatic heterocycles.